The second-order valence-electron chi connectivity index (χ2n) is 4.38. The van der Waals surface area contributed by atoms with Gasteiger partial charge < -0.3 is 9.47 Å². The second kappa shape index (κ2) is 6.16. The highest BCUT2D eigenvalue weighted by molar-refractivity contribution is 14.1. The van der Waals surface area contributed by atoms with Crippen LogP contribution < -0.4 is 0 Å². The Bertz CT molecular complexity index is 375. The van der Waals surface area contributed by atoms with Crippen LogP contribution in [0, 0.1) is 7.14 Å². The molecule has 0 aliphatic carbocycles. The molecule has 2 rings (SSSR count). The first-order chi connectivity index (χ1) is 8.08. The molecular formula is C13H16I2O2. The van der Waals surface area contributed by atoms with Gasteiger partial charge in [0.15, 0.2) is 6.29 Å². The highest BCUT2D eigenvalue weighted by atomic mass is 127. The molecule has 4 heteroatoms. The SMILES string of the molecule is CCC1CC(C)OC(c2cc(I)cc(I)c2)O1. The first-order valence-corrected chi connectivity index (χ1v) is 8.01. The van der Waals surface area contributed by atoms with Gasteiger partial charge in [-0.3, -0.25) is 0 Å². The quantitative estimate of drug-likeness (QED) is 0.609. The van der Waals surface area contributed by atoms with Crippen LogP contribution in [-0.2, 0) is 9.47 Å². The van der Waals surface area contributed by atoms with Gasteiger partial charge in [0.1, 0.15) is 0 Å². The van der Waals surface area contributed by atoms with Gasteiger partial charge in [-0.1, -0.05) is 6.92 Å². The number of rotatable bonds is 2. The van der Waals surface area contributed by atoms with Crippen LogP contribution in [0.3, 0.4) is 0 Å². The van der Waals surface area contributed by atoms with Crippen molar-refractivity contribution in [3.63, 3.8) is 0 Å². The molecule has 17 heavy (non-hydrogen) atoms. The molecule has 0 aromatic heterocycles. The average molecular weight is 458 g/mol. The van der Waals surface area contributed by atoms with Crippen LogP contribution in [-0.4, -0.2) is 12.2 Å². The van der Waals surface area contributed by atoms with E-state index in [1.54, 1.807) is 0 Å². The molecule has 94 valence electrons. The molecule has 1 aliphatic heterocycles. The molecule has 0 bridgehead atoms. The summed E-state index contributed by atoms with van der Waals surface area (Å²) < 4.78 is 14.3. The second-order valence-corrected chi connectivity index (χ2v) is 6.87. The zero-order valence-electron chi connectivity index (χ0n) is 9.95. The van der Waals surface area contributed by atoms with Gasteiger partial charge in [0.25, 0.3) is 0 Å². The average Bonchev–Trinajstić information content (AvgIpc) is 2.26. The van der Waals surface area contributed by atoms with E-state index in [9.17, 15) is 0 Å². The molecular weight excluding hydrogens is 442 g/mol. The van der Waals surface area contributed by atoms with Crippen molar-refractivity contribution in [1.29, 1.82) is 0 Å². The number of hydrogen-bond donors (Lipinski definition) is 0. The van der Waals surface area contributed by atoms with Crippen molar-refractivity contribution in [3.8, 4) is 0 Å². The van der Waals surface area contributed by atoms with Crippen LogP contribution in [0.15, 0.2) is 18.2 Å². The van der Waals surface area contributed by atoms with Crippen molar-refractivity contribution in [2.75, 3.05) is 0 Å². The topological polar surface area (TPSA) is 18.5 Å². The zero-order valence-corrected chi connectivity index (χ0v) is 14.3. The van der Waals surface area contributed by atoms with Crippen LogP contribution in [0.5, 0.6) is 0 Å². The van der Waals surface area contributed by atoms with E-state index in [0.29, 0.717) is 6.10 Å². The molecule has 1 saturated heterocycles. The van der Waals surface area contributed by atoms with E-state index in [4.69, 9.17) is 9.47 Å². The molecule has 0 spiro atoms. The maximum Gasteiger partial charge on any atom is 0.184 e. The molecule has 1 aromatic rings. The Morgan fingerprint density at radius 2 is 1.82 bits per heavy atom. The third kappa shape index (κ3) is 3.78. The third-order valence-corrected chi connectivity index (χ3v) is 4.12. The first-order valence-electron chi connectivity index (χ1n) is 5.85. The van der Waals surface area contributed by atoms with E-state index in [1.165, 1.54) is 7.14 Å². The van der Waals surface area contributed by atoms with Gasteiger partial charge in [-0.05, 0) is 83.1 Å². The summed E-state index contributed by atoms with van der Waals surface area (Å²) in [5, 5.41) is 0. The lowest BCUT2D eigenvalue weighted by Gasteiger charge is -2.34. The van der Waals surface area contributed by atoms with Gasteiger partial charge in [-0.15, -0.1) is 0 Å². The van der Waals surface area contributed by atoms with E-state index in [1.807, 2.05) is 0 Å². The standard InChI is InChI=1S/C13H16I2O2/c1-3-12-4-8(2)16-13(17-12)9-5-10(14)7-11(15)6-9/h5-8,12-13H,3-4H2,1-2H3. The highest BCUT2D eigenvalue weighted by Gasteiger charge is 2.27. The molecule has 1 aliphatic rings. The minimum Gasteiger partial charge on any atom is -0.345 e. The minimum absolute atomic E-state index is 0.202. The fourth-order valence-electron chi connectivity index (χ4n) is 2.03. The maximum atomic E-state index is 5.97. The van der Waals surface area contributed by atoms with E-state index < -0.39 is 0 Å². The normalized spacial score (nSPS) is 29.3. The number of halogens is 2. The lowest BCUT2D eigenvalue weighted by molar-refractivity contribution is -0.243. The fourth-order valence-corrected chi connectivity index (χ4v) is 4.02. The third-order valence-electron chi connectivity index (χ3n) is 2.88. The molecule has 1 aromatic carbocycles. The van der Waals surface area contributed by atoms with Crippen LogP contribution in [0.2, 0.25) is 0 Å². The predicted molar refractivity (Wildman–Crippen MR) is 84.9 cm³/mol. The smallest absolute Gasteiger partial charge is 0.184 e. The van der Waals surface area contributed by atoms with Gasteiger partial charge in [0.2, 0.25) is 0 Å². The lowest BCUT2D eigenvalue weighted by atomic mass is 10.1. The minimum atomic E-state index is -0.202. The van der Waals surface area contributed by atoms with Crippen molar-refractivity contribution in [3.05, 3.63) is 30.9 Å². The molecule has 1 heterocycles. The molecule has 0 saturated carbocycles. The van der Waals surface area contributed by atoms with E-state index in [-0.39, 0.29) is 12.4 Å². The Labute approximate surface area is 130 Å². The molecule has 2 nitrogen and oxygen atoms in total. The van der Waals surface area contributed by atoms with Crippen molar-refractivity contribution >= 4 is 45.2 Å². The Hall–Kier alpha value is 0.600. The summed E-state index contributed by atoms with van der Waals surface area (Å²) in [6.45, 7) is 4.29. The monoisotopic (exact) mass is 458 g/mol. The van der Waals surface area contributed by atoms with Gasteiger partial charge in [0, 0.05) is 12.7 Å². The summed E-state index contributed by atoms with van der Waals surface area (Å²) in [6, 6.07) is 6.42. The molecule has 0 amide bonds. The predicted octanol–water partition coefficient (Wildman–Crippen LogP) is 4.50. The Kier molecular flexibility index (Phi) is 5.08. The van der Waals surface area contributed by atoms with Crippen molar-refractivity contribution in [2.45, 2.75) is 45.2 Å². The Balaban J connectivity index is 2.20. The summed E-state index contributed by atoms with van der Waals surface area (Å²) in [7, 11) is 0. The number of ether oxygens (including phenoxy) is 2. The fraction of sp³-hybridized carbons (Fsp3) is 0.538. The van der Waals surface area contributed by atoms with E-state index in [2.05, 4.69) is 77.2 Å². The molecule has 3 atom stereocenters. The summed E-state index contributed by atoms with van der Waals surface area (Å²) in [5.74, 6) is 0. The first kappa shape index (κ1) is 14.0. The van der Waals surface area contributed by atoms with Gasteiger partial charge in [0.05, 0.1) is 12.2 Å². The van der Waals surface area contributed by atoms with Crippen LogP contribution in [0.25, 0.3) is 0 Å². The highest BCUT2D eigenvalue weighted by Crippen LogP contribution is 2.32. The van der Waals surface area contributed by atoms with Gasteiger partial charge in [-0.25, -0.2) is 0 Å². The number of benzene rings is 1. The number of hydrogen-bond acceptors (Lipinski definition) is 2. The largest absolute Gasteiger partial charge is 0.345 e. The van der Waals surface area contributed by atoms with Crippen molar-refractivity contribution in [1.82, 2.24) is 0 Å². The molecule has 0 radical (unpaired) electrons. The summed E-state index contributed by atoms with van der Waals surface area (Å²) in [6.07, 6.45) is 2.43. The maximum absolute atomic E-state index is 5.97. The van der Waals surface area contributed by atoms with Crippen LogP contribution >= 0.6 is 45.2 Å². The van der Waals surface area contributed by atoms with Gasteiger partial charge >= 0.3 is 0 Å². The Morgan fingerprint density at radius 1 is 1.18 bits per heavy atom. The van der Waals surface area contributed by atoms with E-state index in [0.717, 1.165) is 18.4 Å². The van der Waals surface area contributed by atoms with E-state index >= 15 is 0 Å². The van der Waals surface area contributed by atoms with Crippen LogP contribution in [0.1, 0.15) is 38.5 Å². The van der Waals surface area contributed by atoms with Crippen molar-refractivity contribution < 1.29 is 9.47 Å². The zero-order chi connectivity index (χ0) is 12.4. The molecule has 3 unspecified atom stereocenters. The lowest BCUT2D eigenvalue weighted by Crippen LogP contribution is -2.31. The summed E-state index contributed by atoms with van der Waals surface area (Å²) in [5.41, 5.74) is 1.13. The molecule has 0 N–H and O–H groups in total. The van der Waals surface area contributed by atoms with Crippen molar-refractivity contribution in [2.24, 2.45) is 0 Å². The molecule has 1 fully saturated rings. The Morgan fingerprint density at radius 3 is 2.41 bits per heavy atom. The summed E-state index contributed by atoms with van der Waals surface area (Å²) in [4.78, 5) is 0. The van der Waals surface area contributed by atoms with Gasteiger partial charge in [-0.2, -0.15) is 0 Å². The van der Waals surface area contributed by atoms with Crippen LogP contribution in [0.4, 0.5) is 0 Å². The summed E-state index contributed by atoms with van der Waals surface area (Å²) >= 11 is 4.66.